The van der Waals surface area contributed by atoms with Gasteiger partial charge in [0.2, 0.25) is 5.91 Å². The second kappa shape index (κ2) is 6.81. The van der Waals surface area contributed by atoms with E-state index in [2.05, 4.69) is 18.3 Å². The number of benzene rings is 2. The molecule has 0 radical (unpaired) electrons. The standard InChI is InChI=1S/C18H18Cl2N2O/c1-12-10-13-4-2-3-5-17(13)22(12)18(23)8-9-21-16-11-14(19)6-7-15(16)20/h2-7,11-12,21H,8-10H2,1H3. The molecule has 0 saturated carbocycles. The summed E-state index contributed by atoms with van der Waals surface area (Å²) in [4.78, 5) is 14.5. The zero-order chi connectivity index (χ0) is 16.4. The molecular formula is C18H18Cl2N2O. The first-order valence-corrected chi connectivity index (χ1v) is 8.41. The van der Waals surface area contributed by atoms with Crippen LogP contribution < -0.4 is 10.2 Å². The van der Waals surface area contributed by atoms with E-state index >= 15 is 0 Å². The minimum atomic E-state index is 0.119. The van der Waals surface area contributed by atoms with Crippen LogP contribution in [-0.4, -0.2) is 18.5 Å². The molecule has 1 aliphatic heterocycles. The molecule has 3 rings (SSSR count). The van der Waals surface area contributed by atoms with Crippen LogP contribution in [0.25, 0.3) is 0 Å². The van der Waals surface area contributed by atoms with E-state index in [0.717, 1.165) is 17.8 Å². The van der Waals surface area contributed by atoms with Crippen LogP contribution >= 0.6 is 23.2 Å². The van der Waals surface area contributed by atoms with Crippen LogP contribution in [0.15, 0.2) is 42.5 Å². The molecule has 1 N–H and O–H groups in total. The normalized spacial score (nSPS) is 16.3. The van der Waals surface area contributed by atoms with Gasteiger partial charge in [-0.1, -0.05) is 41.4 Å². The average Bonchev–Trinajstić information content (AvgIpc) is 2.86. The van der Waals surface area contributed by atoms with Gasteiger partial charge in [0.1, 0.15) is 0 Å². The fraction of sp³-hybridized carbons (Fsp3) is 0.278. The Kier molecular flexibility index (Phi) is 4.79. The lowest BCUT2D eigenvalue weighted by Gasteiger charge is -2.23. The lowest BCUT2D eigenvalue weighted by atomic mass is 10.1. The van der Waals surface area contributed by atoms with Crippen molar-refractivity contribution in [3.05, 3.63) is 58.1 Å². The molecule has 0 spiro atoms. The fourth-order valence-electron chi connectivity index (χ4n) is 3.00. The Balaban J connectivity index is 1.63. The van der Waals surface area contributed by atoms with E-state index in [1.807, 2.05) is 23.1 Å². The number of nitrogens with one attached hydrogen (secondary N) is 1. The minimum Gasteiger partial charge on any atom is -0.383 e. The molecule has 1 atom stereocenters. The fourth-order valence-corrected chi connectivity index (χ4v) is 3.36. The summed E-state index contributed by atoms with van der Waals surface area (Å²) in [6.07, 6.45) is 1.32. The van der Waals surface area contributed by atoms with Crippen molar-refractivity contribution in [1.29, 1.82) is 0 Å². The van der Waals surface area contributed by atoms with Crippen LogP contribution in [0.3, 0.4) is 0 Å². The molecule has 2 aromatic carbocycles. The molecule has 2 aromatic rings. The zero-order valence-electron chi connectivity index (χ0n) is 12.9. The van der Waals surface area contributed by atoms with Crippen molar-refractivity contribution in [2.75, 3.05) is 16.8 Å². The highest BCUT2D eigenvalue weighted by Gasteiger charge is 2.29. The highest BCUT2D eigenvalue weighted by Crippen LogP contribution is 2.32. The SMILES string of the molecule is CC1Cc2ccccc2N1C(=O)CCNc1cc(Cl)ccc1Cl. The Morgan fingerprint density at radius 2 is 2.04 bits per heavy atom. The van der Waals surface area contributed by atoms with Gasteiger partial charge in [0, 0.05) is 29.7 Å². The Hall–Kier alpha value is -1.71. The predicted molar refractivity (Wildman–Crippen MR) is 96.7 cm³/mol. The van der Waals surface area contributed by atoms with Crippen molar-refractivity contribution in [2.45, 2.75) is 25.8 Å². The van der Waals surface area contributed by atoms with Gasteiger partial charge in [-0.05, 0) is 43.2 Å². The summed E-state index contributed by atoms with van der Waals surface area (Å²) in [5.41, 5.74) is 3.02. The molecule has 0 aromatic heterocycles. The third-order valence-corrected chi connectivity index (χ3v) is 4.62. The molecule has 5 heteroatoms. The lowest BCUT2D eigenvalue weighted by molar-refractivity contribution is -0.118. The number of hydrogen-bond donors (Lipinski definition) is 1. The predicted octanol–water partition coefficient (Wildman–Crippen LogP) is 4.77. The number of carbonyl (C=O) groups is 1. The first kappa shape index (κ1) is 16.2. The molecule has 1 unspecified atom stereocenters. The zero-order valence-corrected chi connectivity index (χ0v) is 14.4. The van der Waals surface area contributed by atoms with Gasteiger partial charge >= 0.3 is 0 Å². The molecule has 0 saturated heterocycles. The van der Waals surface area contributed by atoms with E-state index in [1.165, 1.54) is 5.56 Å². The summed E-state index contributed by atoms with van der Waals surface area (Å²) >= 11 is 12.1. The number of fused-ring (bicyclic) bond motifs is 1. The number of anilines is 2. The topological polar surface area (TPSA) is 32.3 Å². The summed E-state index contributed by atoms with van der Waals surface area (Å²) in [6, 6.07) is 13.5. The third kappa shape index (κ3) is 3.46. The largest absolute Gasteiger partial charge is 0.383 e. The van der Waals surface area contributed by atoms with Gasteiger partial charge in [-0.25, -0.2) is 0 Å². The number of carbonyl (C=O) groups excluding carboxylic acids is 1. The van der Waals surface area contributed by atoms with Crippen LogP contribution in [0.4, 0.5) is 11.4 Å². The van der Waals surface area contributed by atoms with Crippen LogP contribution in [0, 0.1) is 0 Å². The molecule has 1 amide bonds. The van der Waals surface area contributed by atoms with E-state index in [-0.39, 0.29) is 11.9 Å². The first-order valence-electron chi connectivity index (χ1n) is 7.65. The van der Waals surface area contributed by atoms with E-state index in [9.17, 15) is 4.79 Å². The molecule has 3 nitrogen and oxygen atoms in total. The average molecular weight is 349 g/mol. The van der Waals surface area contributed by atoms with Crippen molar-refractivity contribution in [1.82, 2.24) is 0 Å². The van der Waals surface area contributed by atoms with E-state index < -0.39 is 0 Å². The van der Waals surface area contributed by atoms with Gasteiger partial charge < -0.3 is 10.2 Å². The van der Waals surface area contributed by atoms with Gasteiger partial charge in [0.25, 0.3) is 0 Å². The van der Waals surface area contributed by atoms with Gasteiger partial charge in [0.15, 0.2) is 0 Å². The van der Waals surface area contributed by atoms with E-state index in [0.29, 0.717) is 23.0 Å². The van der Waals surface area contributed by atoms with Gasteiger partial charge in [0.05, 0.1) is 10.7 Å². The second-order valence-electron chi connectivity index (χ2n) is 5.75. The maximum atomic E-state index is 12.6. The number of hydrogen-bond acceptors (Lipinski definition) is 2. The van der Waals surface area contributed by atoms with Gasteiger partial charge in [-0.2, -0.15) is 0 Å². The van der Waals surface area contributed by atoms with Crippen LogP contribution in [-0.2, 0) is 11.2 Å². The number of amides is 1. The molecule has 120 valence electrons. The second-order valence-corrected chi connectivity index (χ2v) is 6.59. The maximum Gasteiger partial charge on any atom is 0.229 e. The number of rotatable bonds is 4. The summed E-state index contributed by atoms with van der Waals surface area (Å²) in [7, 11) is 0. The first-order chi connectivity index (χ1) is 11.1. The Bertz CT molecular complexity index is 733. The number of para-hydroxylation sites is 1. The molecule has 0 bridgehead atoms. The van der Waals surface area contributed by atoms with Crippen molar-refractivity contribution in [3.8, 4) is 0 Å². The third-order valence-electron chi connectivity index (χ3n) is 4.06. The monoisotopic (exact) mass is 348 g/mol. The highest BCUT2D eigenvalue weighted by atomic mass is 35.5. The van der Waals surface area contributed by atoms with Crippen molar-refractivity contribution >= 4 is 40.5 Å². The quantitative estimate of drug-likeness (QED) is 0.862. The molecular weight excluding hydrogens is 331 g/mol. The van der Waals surface area contributed by atoms with Crippen molar-refractivity contribution in [3.63, 3.8) is 0 Å². The molecule has 0 aliphatic carbocycles. The van der Waals surface area contributed by atoms with E-state index in [1.54, 1.807) is 18.2 Å². The summed E-state index contributed by atoms with van der Waals surface area (Å²) in [5.74, 6) is 0.119. The van der Waals surface area contributed by atoms with E-state index in [4.69, 9.17) is 23.2 Å². The van der Waals surface area contributed by atoms with Crippen molar-refractivity contribution in [2.24, 2.45) is 0 Å². The Labute approximate surface area is 146 Å². The summed E-state index contributed by atoms with van der Waals surface area (Å²) < 4.78 is 0. The molecule has 23 heavy (non-hydrogen) atoms. The summed E-state index contributed by atoms with van der Waals surface area (Å²) in [6.45, 7) is 2.60. The van der Waals surface area contributed by atoms with Crippen LogP contribution in [0.1, 0.15) is 18.9 Å². The summed E-state index contributed by atoms with van der Waals surface area (Å²) in [5, 5.41) is 4.40. The van der Waals surface area contributed by atoms with Crippen LogP contribution in [0.5, 0.6) is 0 Å². The maximum absolute atomic E-state index is 12.6. The number of halogens is 2. The van der Waals surface area contributed by atoms with Crippen molar-refractivity contribution < 1.29 is 4.79 Å². The highest BCUT2D eigenvalue weighted by molar-refractivity contribution is 6.35. The minimum absolute atomic E-state index is 0.119. The molecule has 1 heterocycles. The van der Waals surface area contributed by atoms with Crippen LogP contribution in [0.2, 0.25) is 10.0 Å². The van der Waals surface area contributed by atoms with Gasteiger partial charge in [-0.3, -0.25) is 4.79 Å². The molecule has 1 aliphatic rings. The Morgan fingerprint density at radius 1 is 1.26 bits per heavy atom. The number of nitrogens with zero attached hydrogens (tertiary/aromatic N) is 1. The lowest BCUT2D eigenvalue weighted by Crippen LogP contribution is -2.36. The van der Waals surface area contributed by atoms with Gasteiger partial charge in [-0.15, -0.1) is 0 Å². The molecule has 0 fully saturated rings. The Morgan fingerprint density at radius 3 is 2.87 bits per heavy atom. The smallest absolute Gasteiger partial charge is 0.229 e.